The second-order valence-corrected chi connectivity index (χ2v) is 6.88. The van der Waals surface area contributed by atoms with E-state index in [0.717, 1.165) is 22.5 Å². The fourth-order valence-corrected chi connectivity index (χ4v) is 3.12. The number of nitrogens with one attached hydrogen (secondary N) is 2. The number of anilines is 2. The van der Waals surface area contributed by atoms with Crippen LogP contribution in [0.15, 0.2) is 54.9 Å². The third-order valence-electron chi connectivity index (χ3n) is 4.28. The molecule has 0 aliphatic carbocycles. The van der Waals surface area contributed by atoms with Crippen LogP contribution in [0.25, 0.3) is 0 Å². The highest BCUT2D eigenvalue weighted by Gasteiger charge is 2.12. The molecular weight excluding hydrogens is 372 g/mol. The van der Waals surface area contributed by atoms with Crippen molar-refractivity contribution >= 4 is 34.7 Å². The summed E-state index contributed by atoms with van der Waals surface area (Å²) in [5.74, 6) is -0.361. The van der Waals surface area contributed by atoms with Gasteiger partial charge in [0.1, 0.15) is 0 Å². The lowest BCUT2D eigenvalue weighted by atomic mass is 10.1. The Morgan fingerprint density at radius 2 is 1.96 bits per heavy atom. The van der Waals surface area contributed by atoms with Crippen LogP contribution in [-0.2, 0) is 11.3 Å². The summed E-state index contributed by atoms with van der Waals surface area (Å²) >= 11 is 5.40. The lowest BCUT2D eigenvalue weighted by molar-refractivity contribution is 0.0599. The summed E-state index contributed by atoms with van der Waals surface area (Å²) in [5.41, 5.74) is 5.41. The summed E-state index contributed by atoms with van der Waals surface area (Å²) in [6, 6.07) is 13.5. The number of nitrogens with zero attached hydrogens (tertiary/aromatic N) is 2. The molecule has 28 heavy (non-hydrogen) atoms. The fourth-order valence-electron chi connectivity index (χ4n) is 2.89. The van der Waals surface area contributed by atoms with E-state index in [0.29, 0.717) is 17.2 Å². The number of esters is 1. The van der Waals surface area contributed by atoms with Crippen molar-refractivity contribution in [1.82, 2.24) is 9.78 Å². The molecule has 0 saturated heterocycles. The quantitative estimate of drug-likeness (QED) is 0.501. The zero-order valence-corrected chi connectivity index (χ0v) is 16.8. The van der Waals surface area contributed by atoms with Gasteiger partial charge < -0.3 is 15.4 Å². The molecule has 0 fully saturated rings. The zero-order valence-electron chi connectivity index (χ0n) is 16.0. The highest BCUT2D eigenvalue weighted by atomic mass is 32.1. The van der Waals surface area contributed by atoms with Gasteiger partial charge in [-0.3, -0.25) is 4.68 Å². The number of carbonyl (C=O) groups excluding carboxylic acids is 1. The average molecular weight is 395 g/mol. The van der Waals surface area contributed by atoms with Crippen LogP contribution in [0.5, 0.6) is 0 Å². The predicted octanol–water partition coefficient (Wildman–Crippen LogP) is 4.14. The van der Waals surface area contributed by atoms with Crippen molar-refractivity contribution in [2.24, 2.45) is 0 Å². The summed E-state index contributed by atoms with van der Waals surface area (Å²) in [6.45, 7) is 4.54. The molecule has 0 radical (unpaired) electrons. The van der Waals surface area contributed by atoms with Crippen LogP contribution in [0.1, 0.15) is 27.0 Å². The topological polar surface area (TPSA) is 68.2 Å². The van der Waals surface area contributed by atoms with E-state index in [9.17, 15) is 4.79 Å². The third kappa shape index (κ3) is 4.75. The Bertz CT molecular complexity index is 1010. The van der Waals surface area contributed by atoms with Crippen molar-refractivity contribution in [2.45, 2.75) is 20.4 Å². The van der Waals surface area contributed by atoms with Crippen LogP contribution >= 0.6 is 12.2 Å². The van der Waals surface area contributed by atoms with E-state index in [1.807, 2.05) is 43.5 Å². The highest BCUT2D eigenvalue weighted by molar-refractivity contribution is 7.80. The standard InChI is InChI=1S/C21H22N4O2S/c1-14-8-9-19(15(2)10-14)24-21(28)23-17-11-22-25(13-17)12-16-6-4-5-7-18(16)20(26)27-3/h4-11,13H,12H2,1-3H3,(H2,23,24,28). The highest BCUT2D eigenvalue weighted by Crippen LogP contribution is 2.17. The second-order valence-electron chi connectivity index (χ2n) is 6.47. The molecule has 0 saturated carbocycles. The number of rotatable bonds is 5. The molecule has 7 heteroatoms. The van der Waals surface area contributed by atoms with E-state index < -0.39 is 0 Å². The maximum absolute atomic E-state index is 11.9. The molecule has 1 aromatic heterocycles. The summed E-state index contributed by atoms with van der Waals surface area (Å²) in [4.78, 5) is 11.9. The van der Waals surface area contributed by atoms with E-state index in [1.165, 1.54) is 12.7 Å². The van der Waals surface area contributed by atoms with Crippen LogP contribution in [0.2, 0.25) is 0 Å². The van der Waals surface area contributed by atoms with Crippen LogP contribution in [-0.4, -0.2) is 28.0 Å². The Hall–Kier alpha value is -3.19. The molecule has 2 aromatic carbocycles. The largest absolute Gasteiger partial charge is 0.465 e. The number of thiocarbonyl (C=S) groups is 1. The number of ether oxygens (including phenoxy) is 1. The number of hydrogen-bond donors (Lipinski definition) is 2. The lowest BCUT2D eigenvalue weighted by Gasteiger charge is -2.12. The molecule has 0 aliphatic rings. The van der Waals surface area contributed by atoms with Gasteiger partial charge in [-0.15, -0.1) is 0 Å². The monoisotopic (exact) mass is 394 g/mol. The first-order valence-electron chi connectivity index (χ1n) is 8.80. The second kappa shape index (κ2) is 8.67. The van der Waals surface area contributed by atoms with Gasteiger partial charge in [0.2, 0.25) is 0 Å². The number of benzene rings is 2. The summed E-state index contributed by atoms with van der Waals surface area (Å²) in [6.07, 6.45) is 3.53. The SMILES string of the molecule is COC(=O)c1ccccc1Cn1cc(NC(=S)Nc2ccc(C)cc2C)cn1. The molecule has 3 aromatic rings. The van der Waals surface area contributed by atoms with Gasteiger partial charge in [-0.1, -0.05) is 35.9 Å². The Kier molecular flexibility index (Phi) is 6.06. The third-order valence-corrected chi connectivity index (χ3v) is 4.48. The van der Waals surface area contributed by atoms with Crippen molar-refractivity contribution in [1.29, 1.82) is 0 Å². The smallest absolute Gasteiger partial charge is 0.338 e. The van der Waals surface area contributed by atoms with E-state index in [1.54, 1.807) is 16.9 Å². The summed E-state index contributed by atoms with van der Waals surface area (Å²) in [7, 11) is 1.37. The molecule has 2 N–H and O–H groups in total. The van der Waals surface area contributed by atoms with E-state index in [4.69, 9.17) is 17.0 Å². The molecule has 1 heterocycles. The Morgan fingerprint density at radius 1 is 1.18 bits per heavy atom. The minimum atomic E-state index is -0.361. The molecule has 0 unspecified atom stereocenters. The van der Waals surface area contributed by atoms with Crippen molar-refractivity contribution in [3.05, 3.63) is 77.1 Å². The normalized spacial score (nSPS) is 10.4. The van der Waals surface area contributed by atoms with Gasteiger partial charge in [0, 0.05) is 11.9 Å². The van der Waals surface area contributed by atoms with Crippen LogP contribution in [0, 0.1) is 13.8 Å². The molecule has 0 amide bonds. The fraction of sp³-hybridized carbons (Fsp3) is 0.190. The molecular formula is C21H22N4O2S. The molecule has 144 valence electrons. The maximum atomic E-state index is 11.9. The van der Waals surface area contributed by atoms with Crippen LogP contribution < -0.4 is 10.6 Å². The Morgan fingerprint density at radius 3 is 2.71 bits per heavy atom. The number of methoxy groups -OCH3 is 1. The summed E-state index contributed by atoms with van der Waals surface area (Å²) < 4.78 is 6.58. The lowest BCUT2D eigenvalue weighted by Crippen LogP contribution is -2.19. The van der Waals surface area contributed by atoms with Crippen molar-refractivity contribution in [3.63, 3.8) is 0 Å². The number of aryl methyl sites for hydroxylation is 2. The summed E-state index contributed by atoms with van der Waals surface area (Å²) in [5, 5.41) is 11.2. The first kappa shape index (κ1) is 19.6. The van der Waals surface area contributed by atoms with Gasteiger partial charge in [-0.05, 0) is 49.3 Å². The predicted molar refractivity (Wildman–Crippen MR) is 115 cm³/mol. The van der Waals surface area contributed by atoms with Crippen molar-refractivity contribution in [2.75, 3.05) is 17.7 Å². The van der Waals surface area contributed by atoms with Crippen LogP contribution in [0.4, 0.5) is 11.4 Å². The molecule has 3 rings (SSSR count). The number of carbonyl (C=O) groups is 1. The molecule has 6 nitrogen and oxygen atoms in total. The minimum absolute atomic E-state index is 0.361. The van der Waals surface area contributed by atoms with Gasteiger partial charge in [0.15, 0.2) is 5.11 Å². The average Bonchev–Trinajstić information content (AvgIpc) is 3.10. The van der Waals surface area contributed by atoms with Crippen LogP contribution in [0.3, 0.4) is 0 Å². The molecule has 0 bridgehead atoms. The first-order valence-corrected chi connectivity index (χ1v) is 9.21. The van der Waals surface area contributed by atoms with Gasteiger partial charge >= 0.3 is 5.97 Å². The number of aromatic nitrogens is 2. The molecule has 0 spiro atoms. The van der Waals surface area contributed by atoms with Gasteiger partial charge in [-0.25, -0.2) is 4.79 Å². The van der Waals surface area contributed by atoms with E-state index >= 15 is 0 Å². The van der Waals surface area contributed by atoms with Gasteiger partial charge in [0.25, 0.3) is 0 Å². The number of hydrogen-bond acceptors (Lipinski definition) is 4. The maximum Gasteiger partial charge on any atom is 0.338 e. The minimum Gasteiger partial charge on any atom is -0.465 e. The van der Waals surface area contributed by atoms with Crippen molar-refractivity contribution < 1.29 is 9.53 Å². The Balaban J connectivity index is 1.66. The Labute approximate surface area is 169 Å². The van der Waals surface area contributed by atoms with Crippen molar-refractivity contribution in [3.8, 4) is 0 Å². The van der Waals surface area contributed by atoms with E-state index in [-0.39, 0.29) is 5.97 Å². The molecule has 0 aliphatic heterocycles. The van der Waals surface area contributed by atoms with Gasteiger partial charge in [-0.2, -0.15) is 5.10 Å². The zero-order chi connectivity index (χ0) is 20.1. The molecule has 0 atom stereocenters. The van der Waals surface area contributed by atoms with Gasteiger partial charge in [0.05, 0.1) is 31.1 Å². The first-order chi connectivity index (χ1) is 13.5. The van der Waals surface area contributed by atoms with E-state index in [2.05, 4.69) is 28.7 Å².